The van der Waals surface area contributed by atoms with Crippen LogP contribution in [-0.2, 0) is 4.79 Å². The number of carbonyl (C=O) groups is 1. The number of nitrogens with one attached hydrogen (secondary N) is 2. The molecule has 1 amide bonds. The Bertz CT molecular complexity index is 1000. The van der Waals surface area contributed by atoms with Gasteiger partial charge >= 0.3 is 0 Å². The molecule has 1 saturated heterocycles. The number of anilines is 2. The predicted octanol–water partition coefficient (Wildman–Crippen LogP) is 3.20. The minimum atomic E-state index is 0.0357. The summed E-state index contributed by atoms with van der Waals surface area (Å²) in [7, 11) is 1.99. The molecule has 0 saturated carbocycles. The van der Waals surface area contributed by atoms with E-state index in [1.54, 1.807) is 24.5 Å². The van der Waals surface area contributed by atoms with Crippen molar-refractivity contribution in [2.45, 2.75) is 18.9 Å². The number of hydrogen-bond donors (Lipinski definition) is 2. The Hall–Kier alpha value is -2.58. The summed E-state index contributed by atoms with van der Waals surface area (Å²) < 4.78 is 0. The highest BCUT2D eigenvalue weighted by Crippen LogP contribution is 2.25. The van der Waals surface area contributed by atoms with E-state index in [-0.39, 0.29) is 18.5 Å². The molecule has 0 aliphatic carbocycles. The number of piperidine rings is 1. The lowest BCUT2D eigenvalue weighted by Gasteiger charge is -2.38. The zero-order valence-electron chi connectivity index (χ0n) is 15.9. The molecule has 152 valence electrons. The van der Waals surface area contributed by atoms with Crippen LogP contribution in [0.3, 0.4) is 0 Å². The van der Waals surface area contributed by atoms with Gasteiger partial charge in [-0.25, -0.2) is 15.0 Å². The number of amides is 1. The molecular weight excluding hydrogens is 413 g/mol. The number of hydrogen-bond acceptors (Lipinski definition) is 6. The molecule has 0 unspecified atom stereocenters. The first-order valence-electron chi connectivity index (χ1n) is 9.36. The van der Waals surface area contributed by atoms with Crippen LogP contribution in [0.2, 0.25) is 10.0 Å². The van der Waals surface area contributed by atoms with E-state index in [1.165, 1.54) is 6.33 Å². The number of carbonyl (C=O) groups excluding carboxylic acids is 1. The second kappa shape index (κ2) is 8.42. The molecule has 0 bridgehead atoms. The van der Waals surface area contributed by atoms with Gasteiger partial charge in [0.15, 0.2) is 11.5 Å². The smallest absolute Gasteiger partial charge is 0.241 e. The second-order valence-electron chi connectivity index (χ2n) is 7.06. The van der Waals surface area contributed by atoms with Crippen LogP contribution in [0.25, 0.3) is 11.2 Å². The molecule has 1 aromatic carbocycles. The Balaban J connectivity index is 1.41. The van der Waals surface area contributed by atoms with Crippen molar-refractivity contribution in [3.63, 3.8) is 0 Å². The first kappa shape index (κ1) is 19.7. The molecule has 3 heterocycles. The molecule has 1 aliphatic rings. The number of aromatic amines is 1. The molecule has 4 rings (SSSR count). The standard InChI is InChI=1S/C19H21Cl2N7O/c1-27(19-17-18(24-10-23-17)25-11-26-19)15-3-2-4-28(9-15)16(29)8-22-14-6-12(20)5-13(21)7-14/h5-7,10-11,15,22H,2-4,8-9H2,1H3,(H,23,24,25,26)/t15-/m0/s1. The molecular formula is C19H21Cl2N7O. The number of H-pyrrole nitrogens is 1. The van der Waals surface area contributed by atoms with E-state index < -0.39 is 0 Å². The van der Waals surface area contributed by atoms with Crippen molar-refractivity contribution < 1.29 is 4.79 Å². The van der Waals surface area contributed by atoms with Gasteiger partial charge in [-0.15, -0.1) is 0 Å². The van der Waals surface area contributed by atoms with Crippen LogP contribution in [-0.4, -0.2) is 63.5 Å². The van der Waals surface area contributed by atoms with Crippen molar-refractivity contribution in [2.24, 2.45) is 0 Å². The van der Waals surface area contributed by atoms with E-state index in [0.29, 0.717) is 22.2 Å². The van der Waals surface area contributed by atoms with Gasteiger partial charge in [0, 0.05) is 41.9 Å². The quantitative estimate of drug-likeness (QED) is 0.641. The lowest BCUT2D eigenvalue weighted by atomic mass is 10.0. The van der Waals surface area contributed by atoms with Crippen molar-refractivity contribution in [2.75, 3.05) is 36.9 Å². The number of fused-ring (bicyclic) bond motifs is 1. The Kier molecular flexibility index (Phi) is 5.73. The molecule has 0 radical (unpaired) electrons. The largest absolute Gasteiger partial charge is 0.376 e. The summed E-state index contributed by atoms with van der Waals surface area (Å²) in [5, 5.41) is 4.17. The monoisotopic (exact) mass is 433 g/mol. The van der Waals surface area contributed by atoms with Crippen LogP contribution in [0.1, 0.15) is 12.8 Å². The Morgan fingerprint density at radius 1 is 1.28 bits per heavy atom. The highest BCUT2D eigenvalue weighted by Gasteiger charge is 2.28. The number of rotatable bonds is 5. The van der Waals surface area contributed by atoms with Crippen LogP contribution in [0, 0.1) is 0 Å². The van der Waals surface area contributed by atoms with Crippen molar-refractivity contribution in [1.29, 1.82) is 0 Å². The van der Waals surface area contributed by atoms with Crippen LogP contribution in [0.4, 0.5) is 11.5 Å². The van der Waals surface area contributed by atoms with Crippen LogP contribution in [0.15, 0.2) is 30.9 Å². The summed E-state index contributed by atoms with van der Waals surface area (Å²) in [5.41, 5.74) is 2.16. The number of aromatic nitrogens is 4. The van der Waals surface area contributed by atoms with Crippen LogP contribution >= 0.6 is 23.2 Å². The third-order valence-electron chi connectivity index (χ3n) is 5.14. The summed E-state index contributed by atoms with van der Waals surface area (Å²) in [4.78, 5) is 32.6. The molecule has 3 aromatic rings. The maximum atomic E-state index is 12.8. The van der Waals surface area contributed by atoms with Gasteiger partial charge < -0.3 is 20.1 Å². The van der Waals surface area contributed by atoms with E-state index in [4.69, 9.17) is 23.2 Å². The summed E-state index contributed by atoms with van der Waals surface area (Å²) in [6, 6.07) is 5.32. The van der Waals surface area contributed by atoms with Crippen molar-refractivity contribution in [3.05, 3.63) is 40.9 Å². The van der Waals surface area contributed by atoms with Gasteiger partial charge in [-0.2, -0.15) is 0 Å². The Labute approximate surface area is 178 Å². The number of likely N-dealkylation sites (tertiary alicyclic amines) is 1. The topological polar surface area (TPSA) is 90.0 Å². The van der Waals surface area contributed by atoms with Crippen molar-refractivity contribution in [3.8, 4) is 0 Å². The highest BCUT2D eigenvalue weighted by molar-refractivity contribution is 6.35. The van der Waals surface area contributed by atoms with Crippen LogP contribution < -0.4 is 10.2 Å². The molecule has 2 N–H and O–H groups in total. The third-order valence-corrected chi connectivity index (χ3v) is 5.58. The Morgan fingerprint density at radius 2 is 2.07 bits per heavy atom. The van der Waals surface area contributed by atoms with Crippen molar-refractivity contribution in [1.82, 2.24) is 24.8 Å². The van der Waals surface area contributed by atoms with E-state index in [1.807, 2.05) is 11.9 Å². The summed E-state index contributed by atoms with van der Waals surface area (Å²) in [6.45, 7) is 1.56. The van der Waals surface area contributed by atoms with Gasteiger partial charge in [-0.05, 0) is 31.0 Å². The van der Waals surface area contributed by atoms with E-state index in [0.717, 1.165) is 36.4 Å². The lowest BCUT2D eigenvalue weighted by Crippen LogP contribution is -2.50. The lowest BCUT2D eigenvalue weighted by molar-refractivity contribution is -0.130. The van der Waals surface area contributed by atoms with Gasteiger partial charge in [0.05, 0.1) is 12.9 Å². The van der Waals surface area contributed by atoms with Gasteiger partial charge in [0.25, 0.3) is 0 Å². The minimum Gasteiger partial charge on any atom is -0.376 e. The van der Waals surface area contributed by atoms with E-state index in [2.05, 4.69) is 30.2 Å². The molecule has 2 aromatic heterocycles. The average molecular weight is 434 g/mol. The first-order chi connectivity index (χ1) is 14.0. The highest BCUT2D eigenvalue weighted by atomic mass is 35.5. The molecule has 1 atom stereocenters. The fourth-order valence-corrected chi connectivity index (χ4v) is 4.16. The maximum absolute atomic E-state index is 12.8. The molecule has 1 aliphatic heterocycles. The Morgan fingerprint density at radius 3 is 2.86 bits per heavy atom. The fourth-order valence-electron chi connectivity index (χ4n) is 3.64. The number of imidazole rings is 1. The third kappa shape index (κ3) is 4.38. The summed E-state index contributed by atoms with van der Waals surface area (Å²) in [5.74, 6) is 0.826. The summed E-state index contributed by atoms with van der Waals surface area (Å²) in [6.07, 6.45) is 5.04. The van der Waals surface area contributed by atoms with Gasteiger partial charge in [-0.3, -0.25) is 4.79 Å². The average Bonchev–Trinajstić information content (AvgIpc) is 3.20. The minimum absolute atomic E-state index is 0.0357. The van der Waals surface area contributed by atoms with Gasteiger partial charge in [-0.1, -0.05) is 23.2 Å². The van der Waals surface area contributed by atoms with Gasteiger partial charge in [0.2, 0.25) is 5.91 Å². The molecule has 29 heavy (non-hydrogen) atoms. The normalized spacial score (nSPS) is 16.8. The molecule has 1 fully saturated rings. The van der Waals surface area contributed by atoms with E-state index >= 15 is 0 Å². The van der Waals surface area contributed by atoms with Crippen molar-refractivity contribution >= 4 is 51.8 Å². The number of halogens is 2. The maximum Gasteiger partial charge on any atom is 0.241 e. The van der Waals surface area contributed by atoms with E-state index in [9.17, 15) is 4.79 Å². The van der Waals surface area contributed by atoms with Gasteiger partial charge in [0.1, 0.15) is 11.8 Å². The first-order valence-corrected chi connectivity index (χ1v) is 10.1. The predicted molar refractivity (Wildman–Crippen MR) is 115 cm³/mol. The molecule has 10 heteroatoms. The number of nitrogens with zero attached hydrogens (tertiary/aromatic N) is 5. The second-order valence-corrected chi connectivity index (χ2v) is 7.93. The molecule has 0 spiro atoms. The molecule has 8 nitrogen and oxygen atoms in total. The van der Waals surface area contributed by atoms with Crippen LogP contribution in [0.5, 0.6) is 0 Å². The fraction of sp³-hybridized carbons (Fsp3) is 0.368. The zero-order valence-corrected chi connectivity index (χ0v) is 17.4. The number of benzene rings is 1. The number of likely N-dealkylation sites (N-methyl/N-ethyl adjacent to an activating group) is 1. The SMILES string of the molecule is CN(c1ncnc2nc[nH]c12)[C@H]1CCCN(C(=O)CNc2cc(Cl)cc(Cl)c2)C1. The summed E-state index contributed by atoms with van der Waals surface area (Å²) >= 11 is 12.0. The zero-order chi connectivity index (χ0) is 20.4.